The van der Waals surface area contributed by atoms with Crippen LogP contribution in [0.15, 0.2) is 204 Å². The van der Waals surface area contributed by atoms with Crippen molar-refractivity contribution in [2.75, 3.05) is 19.6 Å². The third kappa shape index (κ3) is 11.5. The first-order valence-electron chi connectivity index (χ1n) is 36.8. The van der Waals surface area contributed by atoms with Crippen LogP contribution in [-0.2, 0) is 21.7 Å². The lowest BCUT2D eigenvalue weighted by Gasteiger charge is -2.37. The zero-order chi connectivity index (χ0) is 73.1. The van der Waals surface area contributed by atoms with Crippen LogP contribution in [0.3, 0.4) is 0 Å². The quantitative estimate of drug-likeness (QED) is 0.113. The Morgan fingerprint density at radius 3 is 0.606 bits per heavy atom. The summed E-state index contributed by atoms with van der Waals surface area (Å²) >= 11 is 7.36. The summed E-state index contributed by atoms with van der Waals surface area (Å²) < 4.78 is 5.20. The summed E-state index contributed by atoms with van der Waals surface area (Å²) in [5.74, 6) is 0. The molecule has 0 atom stereocenters. The zero-order valence-corrected chi connectivity index (χ0v) is 67.3. The second-order valence-corrected chi connectivity index (χ2v) is 37.1. The Morgan fingerprint density at radius 2 is 0.423 bits per heavy atom. The molecule has 0 saturated heterocycles. The molecule has 16 aromatic rings. The van der Waals surface area contributed by atoms with Gasteiger partial charge in [-0.25, -0.2) is 0 Å². The molecule has 0 fully saturated rings. The molecule has 16 rings (SSSR count). The van der Waals surface area contributed by atoms with E-state index in [1.165, 1.54) is 162 Å². The van der Waals surface area contributed by atoms with E-state index in [-0.39, 0.29) is 21.7 Å². The minimum atomic E-state index is -0.0622. The SMILES string of the molecule is Cc1cc2ccsc2c(C)c1N(c1ccc(C(C)(C)C)cc1)c1cc(N(c2ccc(C(C)(C)C)cc2)c2c(C)cc3ccsc3c2C)c2ccc3c(N(c4ccc(C(C)(C)C)cc4)c4c(C)cc5ccsc5c4C)cc(N(c4ccc(C(C)(C)C)cc4)c4c(C)cc5ccsc5c4C)c4ccc1c2c43. The van der Waals surface area contributed by atoms with E-state index in [1.807, 2.05) is 45.3 Å². The van der Waals surface area contributed by atoms with Gasteiger partial charge >= 0.3 is 0 Å². The van der Waals surface area contributed by atoms with Crippen LogP contribution in [0, 0.1) is 55.4 Å². The number of hydrogen-bond donors (Lipinski definition) is 0. The summed E-state index contributed by atoms with van der Waals surface area (Å²) in [6, 6.07) is 72.1. The van der Waals surface area contributed by atoms with E-state index < -0.39 is 0 Å². The Bertz CT molecular complexity index is 5310. The van der Waals surface area contributed by atoms with Gasteiger partial charge < -0.3 is 19.6 Å². The molecule has 0 N–H and O–H groups in total. The monoisotopic (exact) mass is 1430 g/mol. The molecule has 0 unspecified atom stereocenters. The predicted molar refractivity (Wildman–Crippen MR) is 463 cm³/mol. The number of fused-ring (bicyclic) bond motifs is 4. The molecular formula is C96H94N4S4. The molecule has 0 aliphatic heterocycles. The Hall–Kier alpha value is -9.28. The summed E-state index contributed by atoms with van der Waals surface area (Å²) in [6.07, 6.45) is 0. The van der Waals surface area contributed by atoms with E-state index in [9.17, 15) is 0 Å². The first-order chi connectivity index (χ1) is 49.4. The van der Waals surface area contributed by atoms with E-state index in [0.717, 1.165) is 45.5 Å². The van der Waals surface area contributed by atoms with E-state index in [4.69, 9.17) is 0 Å². The van der Waals surface area contributed by atoms with Crippen molar-refractivity contribution in [3.63, 3.8) is 0 Å². The second-order valence-electron chi connectivity index (χ2n) is 33.5. The van der Waals surface area contributed by atoms with Crippen LogP contribution in [-0.4, -0.2) is 0 Å². The van der Waals surface area contributed by atoms with Gasteiger partial charge in [0.1, 0.15) is 0 Å². The Balaban J connectivity index is 1.14. The highest BCUT2D eigenvalue weighted by molar-refractivity contribution is 7.18. The van der Waals surface area contributed by atoms with Gasteiger partial charge in [-0.15, -0.1) is 45.3 Å². The molecule has 12 aromatic carbocycles. The largest absolute Gasteiger partial charge is 0.309 e. The van der Waals surface area contributed by atoms with Crippen LogP contribution in [0.25, 0.3) is 72.7 Å². The van der Waals surface area contributed by atoms with Crippen LogP contribution in [0.2, 0.25) is 0 Å². The lowest BCUT2D eigenvalue weighted by molar-refractivity contribution is 0.590. The van der Waals surface area contributed by atoms with E-state index in [1.54, 1.807) is 0 Å². The van der Waals surface area contributed by atoms with Gasteiger partial charge in [-0.1, -0.05) is 156 Å². The highest BCUT2D eigenvalue weighted by Gasteiger charge is 2.34. The minimum absolute atomic E-state index is 0.0622. The molecule has 0 bridgehead atoms. The van der Waals surface area contributed by atoms with Crippen LogP contribution in [0.1, 0.15) is 150 Å². The summed E-state index contributed by atoms with van der Waals surface area (Å²) in [5.41, 5.74) is 28.5. The maximum absolute atomic E-state index is 2.65. The molecule has 0 aliphatic carbocycles. The first-order valence-corrected chi connectivity index (χ1v) is 40.3. The third-order valence-corrected chi connectivity index (χ3v) is 26.4. The minimum Gasteiger partial charge on any atom is -0.309 e. The van der Waals surface area contributed by atoms with E-state index in [2.05, 4.69) is 362 Å². The number of aryl methyl sites for hydroxylation is 8. The normalized spacial score (nSPS) is 12.6. The molecule has 0 amide bonds. The van der Waals surface area contributed by atoms with Gasteiger partial charge in [0.2, 0.25) is 0 Å². The molecule has 8 heteroatoms. The smallest absolute Gasteiger partial charge is 0.0561 e. The van der Waals surface area contributed by atoms with Gasteiger partial charge in [0, 0.05) is 73.9 Å². The Morgan fingerprint density at radius 1 is 0.231 bits per heavy atom. The van der Waals surface area contributed by atoms with Crippen LogP contribution in [0.5, 0.6) is 0 Å². The van der Waals surface area contributed by atoms with Crippen molar-refractivity contribution in [1.82, 2.24) is 0 Å². The predicted octanol–water partition coefficient (Wildman–Crippen LogP) is 31.0. The van der Waals surface area contributed by atoms with Crippen molar-refractivity contribution in [3.05, 3.63) is 270 Å². The molecule has 0 spiro atoms. The van der Waals surface area contributed by atoms with Gasteiger partial charge in [0.05, 0.1) is 45.5 Å². The molecule has 0 radical (unpaired) electrons. The Kier molecular flexibility index (Phi) is 16.8. The van der Waals surface area contributed by atoms with Crippen molar-refractivity contribution in [1.29, 1.82) is 0 Å². The topological polar surface area (TPSA) is 13.0 Å². The fourth-order valence-electron chi connectivity index (χ4n) is 16.8. The van der Waals surface area contributed by atoms with Crippen molar-refractivity contribution in [2.45, 2.75) is 160 Å². The zero-order valence-electron chi connectivity index (χ0n) is 64.1. The highest BCUT2D eigenvalue weighted by Crippen LogP contribution is 2.59. The van der Waals surface area contributed by atoms with Crippen LogP contribution in [0.4, 0.5) is 68.2 Å². The molecule has 104 heavy (non-hydrogen) atoms. The fraction of sp³-hybridized carbons (Fsp3) is 0.250. The van der Waals surface area contributed by atoms with Crippen molar-refractivity contribution in [2.24, 2.45) is 0 Å². The molecule has 0 aliphatic rings. The summed E-state index contributed by atoms with van der Waals surface area (Å²) in [5, 5.41) is 21.2. The van der Waals surface area contributed by atoms with Gasteiger partial charge in [-0.05, 0) is 296 Å². The fourth-order valence-corrected chi connectivity index (χ4v) is 20.4. The van der Waals surface area contributed by atoms with Gasteiger partial charge in [-0.3, -0.25) is 0 Å². The summed E-state index contributed by atoms with van der Waals surface area (Å²) in [7, 11) is 0. The summed E-state index contributed by atoms with van der Waals surface area (Å²) in [4.78, 5) is 10.6. The average molecular weight is 1430 g/mol. The van der Waals surface area contributed by atoms with E-state index >= 15 is 0 Å². The maximum atomic E-state index is 2.65. The Labute approximate surface area is 631 Å². The van der Waals surface area contributed by atoms with E-state index in [0.29, 0.717) is 0 Å². The average Bonchev–Trinajstić information content (AvgIpc) is 0.760. The van der Waals surface area contributed by atoms with Crippen molar-refractivity contribution < 1.29 is 0 Å². The molecule has 4 heterocycles. The molecule has 4 nitrogen and oxygen atoms in total. The first kappa shape index (κ1) is 69.1. The standard InChI is InChI=1S/C96H94N4S4/c1-55-49-63-41-45-101-89(63)59(5)85(55)97(71-29-21-67(22-30-71)93(9,10)11)79-53-80(98(72-31-23-68(24-32-72)94(12,13)14)86-56(2)50-64-42-46-102-90(64)60(86)6)76-39-40-78-82(100(74-35-27-70(28-36-74)96(18,19)20)88-58(4)52-66-44-48-104-92(66)62(88)8)54-81(77-38-37-75(79)83(76)84(77)78)99(73-33-25-69(26-34-73)95(15,16)17)87-57(3)51-65-43-47-103-91(65)61(87)7/h21-54H,1-20H3. The number of benzene rings is 12. The molecule has 522 valence electrons. The second kappa shape index (κ2) is 25.2. The van der Waals surface area contributed by atoms with Crippen molar-refractivity contribution >= 4 is 186 Å². The lowest BCUT2D eigenvalue weighted by atomic mass is 9.86. The van der Waals surface area contributed by atoms with Crippen LogP contribution >= 0.6 is 45.3 Å². The molecule has 0 saturated carbocycles. The van der Waals surface area contributed by atoms with Crippen molar-refractivity contribution in [3.8, 4) is 0 Å². The van der Waals surface area contributed by atoms with Gasteiger partial charge in [0.25, 0.3) is 0 Å². The molecular weight excluding hydrogens is 1340 g/mol. The number of anilines is 12. The number of hydrogen-bond acceptors (Lipinski definition) is 8. The molecule has 4 aromatic heterocycles. The maximum Gasteiger partial charge on any atom is 0.0561 e. The highest BCUT2D eigenvalue weighted by atomic mass is 32.1. The van der Waals surface area contributed by atoms with Gasteiger partial charge in [-0.2, -0.15) is 0 Å². The lowest BCUT2D eigenvalue weighted by Crippen LogP contribution is -2.19. The number of thiophene rings is 4. The number of rotatable bonds is 12. The van der Waals surface area contributed by atoms with Gasteiger partial charge in [0.15, 0.2) is 0 Å². The van der Waals surface area contributed by atoms with Crippen LogP contribution < -0.4 is 19.6 Å². The summed E-state index contributed by atoms with van der Waals surface area (Å²) in [6.45, 7) is 46.7. The number of nitrogens with zero attached hydrogens (tertiary/aromatic N) is 4. The third-order valence-electron chi connectivity index (χ3n) is 22.2.